The van der Waals surface area contributed by atoms with Crippen LogP contribution in [-0.2, 0) is 9.53 Å². The minimum Gasteiger partial charge on any atom is -0.466 e. The second-order valence-electron chi connectivity index (χ2n) is 4.22. The molecular weight excluding hydrogens is 264 g/mol. The van der Waals surface area contributed by atoms with Gasteiger partial charge in [0.1, 0.15) is 17.1 Å². The largest absolute Gasteiger partial charge is 0.466 e. The first kappa shape index (κ1) is 15.7. The van der Waals surface area contributed by atoms with Gasteiger partial charge in [-0.1, -0.05) is 0 Å². The molecule has 0 saturated heterocycles. The quantitative estimate of drug-likeness (QED) is 0.811. The summed E-state index contributed by atoms with van der Waals surface area (Å²) < 4.78 is 10.2. The van der Waals surface area contributed by atoms with E-state index in [0.29, 0.717) is 18.1 Å². The lowest BCUT2D eigenvalue weighted by Gasteiger charge is -2.12. The highest BCUT2D eigenvalue weighted by Gasteiger charge is 2.22. The molecule has 3 amide bonds. The molecular formula is C13H18N2O5. The van der Waals surface area contributed by atoms with E-state index in [4.69, 9.17) is 9.15 Å². The number of urea groups is 1. The topological polar surface area (TPSA) is 97.6 Å². The first-order valence-electron chi connectivity index (χ1n) is 6.21. The van der Waals surface area contributed by atoms with Crippen molar-refractivity contribution in [1.29, 1.82) is 0 Å². The van der Waals surface area contributed by atoms with E-state index in [1.165, 1.54) is 13.0 Å². The molecule has 0 spiro atoms. The minimum atomic E-state index is -1.08. The van der Waals surface area contributed by atoms with Crippen molar-refractivity contribution in [2.75, 3.05) is 6.54 Å². The molecule has 0 aromatic carbocycles. The van der Waals surface area contributed by atoms with Crippen LogP contribution >= 0.6 is 0 Å². The molecule has 20 heavy (non-hydrogen) atoms. The summed E-state index contributed by atoms with van der Waals surface area (Å²) in [5.74, 6) is -0.363. The summed E-state index contributed by atoms with van der Waals surface area (Å²) in [4.78, 5) is 34.6. The fraction of sp³-hybridized carbons (Fsp3) is 0.462. The summed E-state index contributed by atoms with van der Waals surface area (Å²) in [6, 6.07) is 0.905. The molecule has 1 aromatic rings. The number of hydrogen-bond acceptors (Lipinski definition) is 5. The van der Waals surface area contributed by atoms with E-state index in [1.54, 1.807) is 20.8 Å². The Kier molecular flexibility index (Phi) is 5.31. The number of carbonyl (C=O) groups is 3. The van der Waals surface area contributed by atoms with Crippen LogP contribution < -0.4 is 10.6 Å². The predicted octanol–water partition coefficient (Wildman–Crippen LogP) is 1.29. The Balaban J connectivity index is 2.59. The molecule has 1 heterocycles. The second-order valence-corrected chi connectivity index (χ2v) is 4.22. The van der Waals surface area contributed by atoms with Gasteiger partial charge < -0.3 is 14.5 Å². The van der Waals surface area contributed by atoms with Gasteiger partial charge in [-0.15, -0.1) is 0 Å². The van der Waals surface area contributed by atoms with Crippen LogP contribution in [0.3, 0.4) is 0 Å². The molecule has 1 atom stereocenters. The maximum atomic E-state index is 11.8. The molecule has 1 rings (SSSR count). The number of hydrogen-bond donors (Lipinski definition) is 2. The molecule has 0 bridgehead atoms. The van der Waals surface area contributed by atoms with Crippen LogP contribution in [0.4, 0.5) is 4.79 Å². The number of carbonyl (C=O) groups excluding carboxylic acids is 3. The molecule has 7 nitrogen and oxygen atoms in total. The van der Waals surface area contributed by atoms with Gasteiger partial charge in [-0.3, -0.25) is 10.1 Å². The average Bonchev–Trinajstić information content (AvgIpc) is 2.68. The molecule has 0 aliphatic heterocycles. The van der Waals surface area contributed by atoms with E-state index in [2.05, 4.69) is 10.6 Å². The number of imide groups is 1. The van der Waals surface area contributed by atoms with Gasteiger partial charge in [0.15, 0.2) is 6.10 Å². The van der Waals surface area contributed by atoms with Crippen LogP contribution in [0.1, 0.15) is 35.7 Å². The highest BCUT2D eigenvalue weighted by molar-refractivity contribution is 5.98. The van der Waals surface area contributed by atoms with Crippen molar-refractivity contribution in [1.82, 2.24) is 10.6 Å². The molecule has 0 unspecified atom stereocenters. The van der Waals surface area contributed by atoms with Crippen LogP contribution in [-0.4, -0.2) is 30.6 Å². The van der Waals surface area contributed by atoms with Crippen LogP contribution in [0.25, 0.3) is 0 Å². The minimum absolute atomic E-state index is 0.264. The van der Waals surface area contributed by atoms with E-state index >= 15 is 0 Å². The van der Waals surface area contributed by atoms with Crippen molar-refractivity contribution in [3.63, 3.8) is 0 Å². The lowest BCUT2D eigenvalue weighted by Crippen LogP contribution is -2.44. The number of ether oxygens (including phenoxy) is 1. The van der Waals surface area contributed by atoms with Gasteiger partial charge in [0.25, 0.3) is 5.91 Å². The molecule has 7 heteroatoms. The van der Waals surface area contributed by atoms with Gasteiger partial charge in [-0.25, -0.2) is 9.59 Å². The van der Waals surface area contributed by atoms with E-state index in [1.807, 2.05) is 0 Å². The van der Waals surface area contributed by atoms with Crippen molar-refractivity contribution < 1.29 is 23.5 Å². The van der Waals surface area contributed by atoms with Gasteiger partial charge in [0.05, 0.1) is 0 Å². The standard InChI is InChI=1S/C13H18N2O5/c1-5-14-13(18)15-11(16)9(4)20-12(17)10-6-7(2)19-8(10)3/h6,9H,5H2,1-4H3,(H2,14,15,16,18)/t9-/m0/s1. The molecule has 0 aliphatic carbocycles. The maximum absolute atomic E-state index is 11.8. The normalized spacial score (nSPS) is 11.6. The summed E-state index contributed by atoms with van der Waals surface area (Å²) in [5, 5.41) is 4.47. The zero-order valence-corrected chi connectivity index (χ0v) is 11.9. The van der Waals surface area contributed by atoms with Crippen molar-refractivity contribution in [3.8, 4) is 0 Å². The van der Waals surface area contributed by atoms with Crippen molar-refractivity contribution >= 4 is 17.9 Å². The maximum Gasteiger partial charge on any atom is 0.342 e. The molecule has 0 aliphatic rings. The highest BCUT2D eigenvalue weighted by Crippen LogP contribution is 2.15. The smallest absolute Gasteiger partial charge is 0.342 e. The summed E-state index contributed by atoms with van der Waals surface area (Å²) in [6.45, 7) is 6.82. The number of aryl methyl sites for hydroxylation is 2. The van der Waals surface area contributed by atoms with Crippen LogP contribution in [0, 0.1) is 13.8 Å². The lowest BCUT2D eigenvalue weighted by molar-refractivity contribution is -0.127. The van der Waals surface area contributed by atoms with E-state index in [-0.39, 0.29) is 5.56 Å². The highest BCUT2D eigenvalue weighted by atomic mass is 16.5. The van der Waals surface area contributed by atoms with Gasteiger partial charge in [0.2, 0.25) is 0 Å². The predicted molar refractivity (Wildman–Crippen MR) is 70.3 cm³/mol. The Morgan fingerprint density at radius 1 is 1.35 bits per heavy atom. The SMILES string of the molecule is CCNC(=O)NC(=O)[C@H](C)OC(=O)c1cc(C)oc1C. The fourth-order valence-electron chi connectivity index (χ4n) is 1.53. The monoisotopic (exact) mass is 282 g/mol. The second kappa shape index (κ2) is 6.74. The molecule has 0 radical (unpaired) electrons. The van der Waals surface area contributed by atoms with Gasteiger partial charge in [-0.2, -0.15) is 0 Å². The lowest BCUT2D eigenvalue weighted by atomic mass is 10.2. The van der Waals surface area contributed by atoms with E-state index < -0.39 is 24.0 Å². The third kappa shape index (κ3) is 4.11. The molecule has 110 valence electrons. The first-order chi connectivity index (χ1) is 9.35. The van der Waals surface area contributed by atoms with E-state index in [9.17, 15) is 14.4 Å². The Morgan fingerprint density at radius 2 is 2.00 bits per heavy atom. The fourth-order valence-corrected chi connectivity index (χ4v) is 1.53. The van der Waals surface area contributed by atoms with Gasteiger partial charge in [-0.05, 0) is 33.8 Å². The van der Waals surface area contributed by atoms with Crippen LogP contribution in [0.15, 0.2) is 10.5 Å². The number of esters is 1. The zero-order chi connectivity index (χ0) is 15.3. The van der Waals surface area contributed by atoms with Gasteiger partial charge in [0, 0.05) is 6.54 Å². The third-order valence-electron chi connectivity index (χ3n) is 2.49. The zero-order valence-electron chi connectivity index (χ0n) is 11.9. The van der Waals surface area contributed by atoms with Crippen LogP contribution in [0.2, 0.25) is 0 Å². The van der Waals surface area contributed by atoms with Crippen LogP contribution in [0.5, 0.6) is 0 Å². The third-order valence-corrected chi connectivity index (χ3v) is 2.49. The molecule has 0 saturated carbocycles. The number of amides is 3. The number of rotatable bonds is 4. The number of furan rings is 1. The average molecular weight is 282 g/mol. The van der Waals surface area contributed by atoms with Crippen molar-refractivity contribution in [3.05, 3.63) is 23.2 Å². The van der Waals surface area contributed by atoms with Gasteiger partial charge >= 0.3 is 12.0 Å². The summed E-state index contributed by atoms with van der Waals surface area (Å²) in [7, 11) is 0. The molecule has 2 N–H and O–H groups in total. The number of nitrogens with one attached hydrogen (secondary N) is 2. The summed E-state index contributed by atoms with van der Waals surface area (Å²) in [6.07, 6.45) is -1.08. The first-order valence-corrected chi connectivity index (χ1v) is 6.21. The van der Waals surface area contributed by atoms with Crippen molar-refractivity contribution in [2.24, 2.45) is 0 Å². The Labute approximate surface area is 116 Å². The Bertz CT molecular complexity index is 521. The molecule has 1 aromatic heterocycles. The Hall–Kier alpha value is -2.31. The Morgan fingerprint density at radius 3 is 2.50 bits per heavy atom. The van der Waals surface area contributed by atoms with E-state index in [0.717, 1.165) is 0 Å². The van der Waals surface area contributed by atoms with Crippen molar-refractivity contribution in [2.45, 2.75) is 33.8 Å². The summed E-state index contributed by atoms with van der Waals surface area (Å²) in [5.41, 5.74) is 0.264. The molecule has 0 fully saturated rings. The summed E-state index contributed by atoms with van der Waals surface area (Å²) >= 11 is 0.